The van der Waals surface area contributed by atoms with Crippen LogP contribution < -0.4 is 0 Å². The van der Waals surface area contributed by atoms with Gasteiger partial charge in [0.05, 0.1) is 15.1 Å². The summed E-state index contributed by atoms with van der Waals surface area (Å²) in [7, 11) is 0. The molecule has 4 heteroatoms. The third kappa shape index (κ3) is 4.52. The van der Waals surface area contributed by atoms with Crippen LogP contribution in [0.5, 0.6) is 0 Å². The zero-order chi connectivity index (χ0) is 12.8. The third-order valence-electron chi connectivity index (χ3n) is 2.81. The molecule has 0 saturated carbocycles. The highest BCUT2D eigenvalue weighted by Gasteiger charge is 2.13. The van der Waals surface area contributed by atoms with Crippen molar-refractivity contribution in [2.45, 2.75) is 32.6 Å². The highest BCUT2D eigenvalue weighted by molar-refractivity contribution is 6.48. The second-order valence-corrected chi connectivity index (χ2v) is 5.67. The molecule has 0 aromatic heterocycles. The Balaban J connectivity index is 2.76. The number of rotatable bonds is 6. The fraction of sp³-hybridized carbons (Fsp3) is 0.538. The zero-order valence-corrected chi connectivity index (χ0v) is 12.8. The van der Waals surface area contributed by atoms with Gasteiger partial charge in [-0.15, -0.1) is 11.6 Å². The van der Waals surface area contributed by atoms with Crippen molar-refractivity contribution in [1.82, 2.24) is 0 Å². The van der Waals surface area contributed by atoms with Gasteiger partial charge in [0.15, 0.2) is 0 Å². The lowest BCUT2D eigenvalue weighted by Gasteiger charge is -2.15. The third-order valence-corrected chi connectivity index (χ3v) is 4.58. The van der Waals surface area contributed by atoms with E-state index < -0.39 is 0 Å². The first-order chi connectivity index (χ1) is 8.10. The van der Waals surface area contributed by atoms with E-state index in [1.807, 2.05) is 6.07 Å². The summed E-state index contributed by atoms with van der Waals surface area (Å²) in [4.78, 5) is 0. The Labute approximate surface area is 123 Å². The number of hydrogen-bond acceptors (Lipinski definition) is 0. The second kappa shape index (κ2) is 7.74. The molecule has 96 valence electrons. The molecule has 0 amide bonds. The Bertz CT molecular complexity index is 363. The van der Waals surface area contributed by atoms with Crippen LogP contribution in [0.4, 0.5) is 0 Å². The first-order valence-electron chi connectivity index (χ1n) is 5.78. The molecular formula is C13H16Cl4. The summed E-state index contributed by atoms with van der Waals surface area (Å²) in [5, 5.41) is 1.50. The number of halogens is 4. The molecule has 1 rings (SSSR count). The zero-order valence-electron chi connectivity index (χ0n) is 9.78. The van der Waals surface area contributed by atoms with E-state index in [0.29, 0.717) is 26.9 Å². The van der Waals surface area contributed by atoms with Crippen LogP contribution >= 0.6 is 46.4 Å². The van der Waals surface area contributed by atoms with Crippen molar-refractivity contribution in [2.24, 2.45) is 5.92 Å². The van der Waals surface area contributed by atoms with E-state index in [2.05, 4.69) is 6.92 Å². The quantitative estimate of drug-likeness (QED) is 0.431. The van der Waals surface area contributed by atoms with E-state index >= 15 is 0 Å². The minimum Gasteiger partial charge on any atom is -0.126 e. The Morgan fingerprint density at radius 3 is 2.41 bits per heavy atom. The Morgan fingerprint density at radius 2 is 1.82 bits per heavy atom. The molecule has 0 fully saturated rings. The lowest BCUT2D eigenvalue weighted by atomic mass is 9.96. The van der Waals surface area contributed by atoms with E-state index in [1.54, 1.807) is 6.07 Å². The van der Waals surface area contributed by atoms with Crippen molar-refractivity contribution in [2.75, 3.05) is 5.88 Å². The van der Waals surface area contributed by atoms with Gasteiger partial charge in [0, 0.05) is 5.88 Å². The predicted molar refractivity (Wildman–Crippen MR) is 78.9 cm³/mol. The van der Waals surface area contributed by atoms with Gasteiger partial charge in [-0.05, 0) is 30.4 Å². The van der Waals surface area contributed by atoms with Crippen LogP contribution in [0.3, 0.4) is 0 Å². The molecule has 0 aliphatic heterocycles. The minimum atomic E-state index is 0.439. The van der Waals surface area contributed by atoms with E-state index in [0.717, 1.165) is 18.4 Å². The molecule has 0 saturated heterocycles. The van der Waals surface area contributed by atoms with Gasteiger partial charge in [-0.1, -0.05) is 60.6 Å². The van der Waals surface area contributed by atoms with E-state index in [4.69, 9.17) is 46.4 Å². The van der Waals surface area contributed by atoms with Gasteiger partial charge >= 0.3 is 0 Å². The Hall–Kier alpha value is 0.380. The highest BCUT2D eigenvalue weighted by Crippen LogP contribution is 2.34. The Morgan fingerprint density at radius 1 is 1.12 bits per heavy atom. The number of unbranched alkanes of at least 4 members (excludes halogenated alkanes) is 1. The molecule has 0 bridgehead atoms. The van der Waals surface area contributed by atoms with E-state index in [9.17, 15) is 0 Å². The van der Waals surface area contributed by atoms with Crippen LogP contribution in [0.25, 0.3) is 0 Å². The van der Waals surface area contributed by atoms with Gasteiger partial charge in [0.2, 0.25) is 0 Å². The van der Waals surface area contributed by atoms with Gasteiger partial charge in [-0.2, -0.15) is 0 Å². The fourth-order valence-electron chi connectivity index (χ4n) is 1.76. The lowest BCUT2D eigenvalue weighted by Crippen LogP contribution is -2.07. The maximum atomic E-state index is 6.17. The summed E-state index contributed by atoms with van der Waals surface area (Å²) in [5.74, 6) is 1.10. The molecule has 1 atom stereocenters. The summed E-state index contributed by atoms with van der Waals surface area (Å²) < 4.78 is 0. The summed E-state index contributed by atoms with van der Waals surface area (Å²) in [5.41, 5.74) is 1.03. The molecule has 0 N–H and O–H groups in total. The molecule has 0 nitrogen and oxygen atoms in total. The van der Waals surface area contributed by atoms with Crippen LogP contribution in [0, 0.1) is 5.92 Å². The molecular weight excluding hydrogens is 298 g/mol. The van der Waals surface area contributed by atoms with Crippen LogP contribution in [-0.2, 0) is 6.42 Å². The standard InChI is InChI=1S/C13H16Cl4/c1-2-3-4-9(8-14)7-10-5-6-11(15)13(17)12(10)16/h5-6,9H,2-4,7-8H2,1H3. The molecule has 1 aromatic rings. The van der Waals surface area contributed by atoms with Gasteiger partial charge in [-0.25, -0.2) is 0 Å². The first-order valence-corrected chi connectivity index (χ1v) is 7.45. The maximum absolute atomic E-state index is 6.17. The van der Waals surface area contributed by atoms with Gasteiger partial charge in [-0.3, -0.25) is 0 Å². The average molecular weight is 314 g/mol. The van der Waals surface area contributed by atoms with Crippen LogP contribution in [0.1, 0.15) is 31.7 Å². The van der Waals surface area contributed by atoms with E-state index in [1.165, 1.54) is 12.8 Å². The molecule has 0 spiro atoms. The van der Waals surface area contributed by atoms with Crippen molar-refractivity contribution >= 4 is 46.4 Å². The molecule has 0 heterocycles. The normalized spacial score (nSPS) is 12.8. The molecule has 17 heavy (non-hydrogen) atoms. The number of hydrogen-bond donors (Lipinski definition) is 0. The fourth-order valence-corrected chi connectivity index (χ4v) is 2.66. The molecule has 0 aliphatic carbocycles. The molecule has 1 unspecified atom stereocenters. The van der Waals surface area contributed by atoms with Crippen molar-refractivity contribution in [3.63, 3.8) is 0 Å². The number of alkyl halides is 1. The van der Waals surface area contributed by atoms with Gasteiger partial charge < -0.3 is 0 Å². The first kappa shape index (κ1) is 15.4. The lowest BCUT2D eigenvalue weighted by molar-refractivity contribution is 0.509. The molecule has 1 aromatic carbocycles. The summed E-state index contributed by atoms with van der Waals surface area (Å²) in [6, 6.07) is 3.72. The van der Waals surface area contributed by atoms with Crippen molar-refractivity contribution in [3.05, 3.63) is 32.8 Å². The summed E-state index contributed by atoms with van der Waals surface area (Å²) >= 11 is 24.1. The summed E-state index contributed by atoms with van der Waals surface area (Å²) in [6.07, 6.45) is 4.36. The average Bonchev–Trinajstić information content (AvgIpc) is 2.34. The van der Waals surface area contributed by atoms with E-state index in [-0.39, 0.29) is 0 Å². The number of benzene rings is 1. The summed E-state index contributed by atoms with van der Waals surface area (Å²) in [6.45, 7) is 2.18. The van der Waals surface area contributed by atoms with Crippen molar-refractivity contribution in [1.29, 1.82) is 0 Å². The van der Waals surface area contributed by atoms with Gasteiger partial charge in [0.25, 0.3) is 0 Å². The SMILES string of the molecule is CCCCC(CCl)Cc1ccc(Cl)c(Cl)c1Cl. The van der Waals surface area contributed by atoms with Gasteiger partial charge in [0.1, 0.15) is 0 Å². The Kier molecular flexibility index (Phi) is 7.02. The smallest absolute Gasteiger partial charge is 0.0781 e. The largest absolute Gasteiger partial charge is 0.126 e. The predicted octanol–water partition coefficient (Wildman–Crippen LogP) is 6.23. The second-order valence-electron chi connectivity index (χ2n) is 4.20. The van der Waals surface area contributed by atoms with Crippen LogP contribution in [-0.4, -0.2) is 5.88 Å². The van der Waals surface area contributed by atoms with Crippen molar-refractivity contribution < 1.29 is 0 Å². The maximum Gasteiger partial charge on any atom is 0.0781 e. The van der Waals surface area contributed by atoms with Crippen molar-refractivity contribution in [3.8, 4) is 0 Å². The highest BCUT2D eigenvalue weighted by atomic mass is 35.5. The molecule has 0 aliphatic rings. The molecule has 0 radical (unpaired) electrons. The minimum absolute atomic E-state index is 0.439. The topological polar surface area (TPSA) is 0 Å². The van der Waals surface area contributed by atoms with Crippen LogP contribution in [0.2, 0.25) is 15.1 Å². The monoisotopic (exact) mass is 312 g/mol. The van der Waals surface area contributed by atoms with Crippen LogP contribution in [0.15, 0.2) is 12.1 Å².